The van der Waals surface area contributed by atoms with E-state index >= 15 is 0 Å². The summed E-state index contributed by atoms with van der Waals surface area (Å²) in [6.45, 7) is 4.60. The highest BCUT2D eigenvalue weighted by Gasteiger charge is 2.42. The number of rotatable bonds is 4. The van der Waals surface area contributed by atoms with Crippen molar-refractivity contribution in [1.29, 1.82) is 0 Å². The molecule has 0 spiro atoms. The van der Waals surface area contributed by atoms with E-state index in [9.17, 15) is 0 Å². The molecule has 3 nitrogen and oxygen atoms in total. The summed E-state index contributed by atoms with van der Waals surface area (Å²) < 4.78 is 11.7. The van der Waals surface area contributed by atoms with Crippen LogP contribution in [0.15, 0.2) is 0 Å². The Labute approximate surface area is 105 Å². The molecule has 1 aliphatic carbocycles. The minimum atomic E-state index is -0.0572. The number of ether oxygens (including phenoxy) is 2. The van der Waals surface area contributed by atoms with Crippen LogP contribution in [0, 0.1) is 5.92 Å². The molecule has 0 bridgehead atoms. The topological polar surface area (TPSA) is 44.5 Å². The van der Waals surface area contributed by atoms with E-state index in [2.05, 4.69) is 6.92 Å². The molecular weight excluding hydrogens is 214 g/mol. The van der Waals surface area contributed by atoms with E-state index in [0.717, 1.165) is 39.1 Å². The van der Waals surface area contributed by atoms with Gasteiger partial charge < -0.3 is 15.2 Å². The van der Waals surface area contributed by atoms with Gasteiger partial charge in [-0.25, -0.2) is 0 Å². The first-order valence-electron chi connectivity index (χ1n) is 7.26. The van der Waals surface area contributed by atoms with E-state index < -0.39 is 0 Å². The summed E-state index contributed by atoms with van der Waals surface area (Å²) in [6.07, 6.45) is 8.50. The first-order valence-corrected chi connectivity index (χ1v) is 7.26. The maximum absolute atomic E-state index is 6.54. The molecule has 1 heterocycles. The fraction of sp³-hybridized carbons (Fsp3) is 1.00. The predicted molar refractivity (Wildman–Crippen MR) is 69.0 cm³/mol. The number of hydrogen-bond acceptors (Lipinski definition) is 3. The van der Waals surface area contributed by atoms with Crippen molar-refractivity contribution in [1.82, 2.24) is 0 Å². The Morgan fingerprint density at radius 2 is 2.06 bits per heavy atom. The molecule has 0 amide bonds. The van der Waals surface area contributed by atoms with Crippen LogP contribution in [0.3, 0.4) is 0 Å². The normalized spacial score (nSPS) is 31.1. The summed E-state index contributed by atoms with van der Waals surface area (Å²) >= 11 is 0. The molecule has 17 heavy (non-hydrogen) atoms. The van der Waals surface area contributed by atoms with Crippen molar-refractivity contribution in [2.24, 2.45) is 11.7 Å². The molecule has 2 N–H and O–H groups in total. The van der Waals surface area contributed by atoms with Gasteiger partial charge in [-0.05, 0) is 32.6 Å². The fourth-order valence-electron chi connectivity index (χ4n) is 3.49. The highest BCUT2D eigenvalue weighted by atomic mass is 16.5. The minimum Gasteiger partial charge on any atom is -0.381 e. The fourth-order valence-corrected chi connectivity index (χ4v) is 3.49. The van der Waals surface area contributed by atoms with Gasteiger partial charge in [0.05, 0.1) is 12.2 Å². The average Bonchev–Trinajstić information content (AvgIpc) is 2.40. The van der Waals surface area contributed by atoms with E-state index in [0.29, 0.717) is 5.92 Å². The second-order valence-electron chi connectivity index (χ2n) is 5.56. The predicted octanol–water partition coefficient (Wildman–Crippen LogP) is 2.48. The smallest absolute Gasteiger partial charge is 0.0836 e. The Morgan fingerprint density at radius 1 is 1.29 bits per heavy atom. The van der Waals surface area contributed by atoms with E-state index in [4.69, 9.17) is 15.2 Å². The van der Waals surface area contributed by atoms with Gasteiger partial charge in [0, 0.05) is 25.2 Å². The highest BCUT2D eigenvalue weighted by molar-refractivity contribution is 4.97. The van der Waals surface area contributed by atoms with Gasteiger partial charge in [-0.2, -0.15) is 0 Å². The Morgan fingerprint density at radius 3 is 2.65 bits per heavy atom. The van der Waals surface area contributed by atoms with Crippen molar-refractivity contribution in [3.8, 4) is 0 Å². The standard InChI is InChI=1S/C14H27NO2/c1-2-17-14(8-4-3-5-9-14)13(15)12-7-6-10-16-11-12/h12-13H,2-11,15H2,1H3. The molecule has 2 aliphatic rings. The number of nitrogens with two attached hydrogens (primary N) is 1. The molecule has 2 atom stereocenters. The summed E-state index contributed by atoms with van der Waals surface area (Å²) in [5.41, 5.74) is 6.48. The van der Waals surface area contributed by atoms with Crippen molar-refractivity contribution in [3.05, 3.63) is 0 Å². The molecule has 100 valence electrons. The van der Waals surface area contributed by atoms with Crippen molar-refractivity contribution in [3.63, 3.8) is 0 Å². The Bertz CT molecular complexity index is 215. The zero-order chi connectivity index (χ0) is 12.1. The molecule has 1 saturated carbocycles. The Kier molecular flexibility index (Phi) is 4.83. The summed E-state index contributed by atoms with van der Waals surface area (Å²) in [5.74, 6) is 0.494. The van der Waals surface area contributed by atoms with Gasteiger partial charge in [0.25, 0.3) is 0 Å². The summed E-state index contributed by atoms with van der Waals surface area (Å²) in [7, 11) is 0. The molecule has 0 aromatic carbocycles. The van der Waals surface area contributed by atoms with Crippen LogP contribution in [0.5, 0.6) is 0 Å². The Balaban J connectivity index is 2.02. The zero-order valence-electron chi connectivity index (χ0n) is 11.1. The Hall–Kier alpha value is -0.120. The molecular formula is C14H27NO2. The molecule has 2 rings (SSSR count). The van der Waals surface area contributed by atoms with E-state index in [1.807, 2.05) is 0 Å². The third-order valence-corrected chi connectivity index (χ3v) is 4.44. The maximum atomic E-state index is 6.54. The van der Waals surface area contributed by atoms with Crippen LogP contribution >= 0.6 is 0 Å². The van der Waals surface area contributed by atoms with E-state index in [-0.39, 0.29) is 11.6 Å². The third-order valence-electron chi connectivity index (χ3n) is 4.44. The van der Waals surface area contributed by atoms with Gasteiger partial charge in [0.15, 0.2) is 0 Å². The highest BCUT2D eigenvalue weighted by Crippen LogP contribution is 2.37. The van der Waals surface area contributed by atoms with Crippen molar-refractivity contribution < 1.29 is 9.47 Å². The van der Waals surface area contributed by atoms with E-state index in [1.54, 1.807) is 0 Å². The minimum absolute atomic E-state index is 0.0572. The van der Waals surface area contributed by atoms with Gasteiger partial charge in [-0.1, -0.05) is 19.3 Å². The van der Waals surface area contributed by atoms with Crippen molar-refractivity contribution >= 4 is 0 Å². The summed E-state index contributed by atoms with van der Waals surface area (Å²) in [5, 5.41) is 0. The monoisotopic (exact) mass is 241 g/mol. The van der Waals surface area contributed by atoms with Crippen LogP contribution in [0.2, 0.25) is 0 Å². The molecule has 0 radical (unpaired) electrons. The van der Waals surface area contributed by atoms with Gasteiger partial charge in [-0.15, -0.1) is 0 Å². The van der Waals surface area contributed by atoms with Crippen molar-refractivity contribution in [2.75, 3.05) is 19.8 Å². The SMILES string of the molecule is CCOC1(C(N)C2CCCOC2)CCCCC1. The molecule has 1 aliphatic heterocycles. The second-order valence-corrected chi connectivity index (χ2v) is 5.56. The average molecular weight is 241 g/mol. The van der Waals surface area contributed by atoms with Crippen LogP contribution in [-0.2, 0) is 9.47 Å². The molecule has 2 fully saturated rings. The van der Waals surface area contributed by atoms with Gasteiger partial charge in [0.1, 0.15) is 0 Å². The quantitative estimate of drug-likeness (QED) is 0.822. The lowest BCUT2D eigenvalue weighted by Crippen LogP contribution is -2.56. The summed E-state index contributed by atoms with van der Waals surface area (Å²) in [4.78, 5) is 0. The zero-order valence-corrected chi connectivity index (χ0v) is 11.1. The number of hydrogen-bond donors (Lipinski definition) is 1. The van der Waals surface area contributed by atoms with E-state index in [1.165, 1.54) is 25.7 Å². The molecule has 0 aromatic heterocycles. The van der Waals surface area contributed by atoms with Crippen LogP contribution < -0.4 is 5.73 Å². The van der Waals surface area contributed by atoms with Gasteiger partial charge in [-0.3, -0.25) is 0 Å². The van der Waals surface area contributed by atoms with Gasteiger partial charge >= 0.3 is 0 Å². The largest absolute Gasteiger partial charge is 0.381 e. The molecule has 3 heteroatoms. The second kappa shape index (κ2) is 6.17. The lowest BCUT2D eigenvalue weighted by atomic mass is 9.73. The van der Waals surface area contributed by atoms with Crippen LogP contribution in [-0.4, -0.2) is 31.5 Å². The summed E-state index contributed by atoms with van der Waals surface area (Å²) in [6, 6.07) is 0.156. The third kappa shape index (κ3) is 3.01. The van der Waals surface area contributed by atoms with Crippen LogP contribution in [0.25, 0.3) is 0 Å². The molecule has 2 unspecified atom stereocenters. The van der Waals surface area contributed by atoms with Crippen LogP contribution in [0.4, 0.5) is 0 Å². The van der Waals surface area contributed by atoms with Crippen LogP contribution in [0.1, 0.15) is 51.9 Å². The lowest BCUT2D eigenvalue weighted by molar-refractivity contribution is -0.106. The first-order chi connectivity index (χ1) is 8.28. The maximum Gasteiger partial charge on any atom is 0.0836 e. The molecule has 1 saturated heterocycles. The van der Waals surface area contributed by atoms with Crippen molar-refractivity contribution in [2.45, 2.75) is 63.5 Å². The first kappa shape index (κ1) is 13.3. The molecule has 0 aromatic rings. The lowest BCUT2D eigenvalue weighted by Gasteiger charge is -2.45. The van der Waals surface area contributed by atoms with Gasteiger partial charge in [0.2, 0.25) is 0 Å².